The average Bonchev–Trinajstić information content (AvgIpc) is 2.43. The van der Waals surface area contributed by atoms with Crippen molar-refractivity contribution >= 4 is 17.5 Å². The lowest BCUT2D eigenvalue weighted by Gasteiger charge is -2.32. The van der Waals surface area contributed by atoms with Gasteiger partial charge in [0.2, 0.25) is 5.91 Å². The second-order valence-electron chi connectivity index (χ2n) is 6.31. The Morgan fingerprint density at radius 2 is 2.00 bits per heavy atom. The molecule has 3 nitrogen and oxygen atoms in total. The van der Waals surface area contributed by atoms with Crippen LogP contribution < -0.4 is 5.32 Å². The van der Waals surface area contributed by atoms with E-state index in [1.54, 1.807) is 0 Å². The number of likely N-dealkylation sites (N-methyl/N-ethyl adjacent to an activating group) is 1. The van der Waals surface area contributed by atoms with Crippen molar-refractivity contribution in [3.63, 3.8) is 0 Å². The monoisotopic (exact) mass is 260 g/mol. The van der Waals surface area contributed by atoms with Crippen LogP contribution in [0.4, 0.5) is 0 Å². The maximum atomic E-state index is 12.3. The third-order valence-corrected chi connectivity index (χ3v) is 3.78. The molecule has 0 bridgehead atoms. The number of carbonyl (C=O) groups is 1. The first kappa shape index (κ1) is 14.8. The van der Waals surface area contributed by atoms with Crippen LogP contribution in [0.3, 0.4) is 0 Å². The largest absolute Gasteiger partial charge is 0.328 e. The van der Waals surface area contributed by atoms with Crippen LogP contribution in [0.15, 0.2) is 0 Å². The summed E-state index contributed by atoms with van der Waals surface area (Å²) in [4.78, 5) is 14.2. The summed E-state index contributed by atoms with van der Waals surface area (Å²) >= 11 is 5.68. The van der Waals surface area contributed by atoms with Gasteiger partial charge >= 0.3 is 0 Å². The number of nitrogens with one attached hydrogen (secondary N) is 1. The van der Waals surface area contributed by atoms with Crippen LogP contribution in [-0.4, -0.2) is 35.4 Å². The van der Waals surface area contributed by atoms with E-state index in [1.165, 1.54) is 0 Å². The Morgan fingerprint density at radius 3 is 2.41 bits per heavy atom. The molecule has 0 aromatic rings. The van der Waals surface area contributed by atoms with Gasteiger partial charge in [0, 0.05) is 12.9 Å². The minimum absolute atomic E-state index is 0.0503. The Bertz CT molecular complexity index is 288. The zero-order chi connectivity index (χ0) is 13.3. The van der Waals surface area contributed by atoms with Crippen LogP contribution >= 0.6 is 11.6 Å². The van der Waals surface area contributed by atoms with Crippen LogP contribution in [0.25, 0.3) is 0 Å². The number of hydrogen-bond donors (Lipinski definition) is 1. The summed E-state index contributed by atoms with van der Waals surface area (Å²) in [6, 6.07) is 0. The minimum atomic E-state index is -0.418. The molecule has 0 aromatic carbocycles. The third-order valence-electron chi connectivity index (χ3n) is 3.52. The summed E-state index contributed by atoms with van der Waals surface area (Å²) < 4.78 is 0. The van der Waals surface area contributed by atoms with Crippen molar-refractivity contribution in [2.45, 2.75) is 58.7 Å². The van der Waals surface area contributed by atoms with Crippen molar-refractivity contribution in [3.8, 4) is 0 Å². The molecule has 1 aliphatic heterocycles. The van der Waals surface area contributed by atoms with Crippen molar-refractivity contribution in [3.05, 3.63) is 0 Å². The molecule has 17 heavy (non-hydrogen) atoms. The van der Waals surface area contributed by atoms with E-state index in [0.29, 0.717) is 5.88 Å². The fourth-order valence-electron chi connectivity index (χ4n) is 2.52. The van der Waals surface area contributed by atoms with Gasteiger partial charge in [0.15, 0.2) is 0 Å². The van der Waals surface area contributed by atoms with Crippen molar-refractivity contribution in [1.29, 1.82) is 0 Å². The molecule has 1 saturated heterocycles. The standard InChI is InChI=1S/C13H25ClN2O/c1-12(2,3)10-15-13(4,8-6-7-9-14)11(17)16(10)5/h10,15H,6-9H2,1-5H3. The molecule has 1 aliphatic rings. The fraction of sp³-hybridized carbons (Fsp3) is 0.923. The van der Waals surface area contributed by atoms with Crippen molar-refractivity contribution in [1.82, 2.24) is 10.2 Å². The van der Waals surface area contributed by atoms with E-state index in [-0.39, 0.29) is 17.5 Å². The SMILES string of the molecule is CN1C(=O)C(C)(CCCCCl)NC1C(C)(C)C. The predicted octanol–water partition coefficient (Wildman–Crippen LogP) is 2.59. The highest BCUT2D eigenvalue weighted by Gasteiger charge is 2.49. The van der Waals surface area contributed by atoms with Gasteiger partial charge in [-0.15, -0.1) is 11.6 Å². The van der Waals surface area contributed by atoms with Gasteiger partial charge in [-0.1, -0.05) is 20.8 Å². The maximum Gasteiger partial charge on any atom is 0.243 e. The first-order chi connectivity index (χ1) is 7.72. The van der Waals surface area contributed by atoms with E-state index in [1.807, 2.05) is 18.9 Å². The number of hydrogen-bond acceptors (Lipinski definition) is 2. The zero-order valence-corrected chi connectivity index (χ0v) is 12.4. The molecule has 0 radical (unpaired) electrons. The summed E-state index contributed by atoms with van der Waals surface area (Å²) in [7, 11) is 1.89. The smallest absolute Gasteiger partial charge is 0.243 e. The summed E-state index contributed by atoms with van der Waals surface area (Å²) in [5, 5.41) is 3.50. The molecule has 2 atom stereocenters. The predicted molar refractivity (Wildman–Crippen MR) is 72.1 cm³/mol. The van der Waals surface area contributed by atoms with Gasteiger partial charge in [-0.3, -0.25) is 10.1 Å². The summed E-state index contributed by atoms with van der Waals surface area (Å²) in [6.07, 6.45) is 2.92. The number of amides is 1. The highest BCUT2D eigenvalue weighted by atomic mass is 35.5. The van der Waals surface area contributed by atoms with E-state index < -0.39 is 5.54 Å². The lowest BCUT2D eigenvalue weighted by Crippen LogP contribution is -2.48. The molecule has 2 unspecified atom stereocenters. The second kappa shape index (κ2) is 5.15. The van der Waals surface area contributed by atoms with Crippen LogP contribution in [0.2, 0.25) is 0 Å². The van der Waals surface area contributed by atoms with E-state index in [0.717, 1.165) is 19.3 Å². The first-order valence-corrected chi connectivity index (χ1v) is 6.87. The summed E-state index contributed by atoms with van der Waals surface area (Å²) in [5.74, 6) is 0.870. The molecule has 0 spiro atoms. The van der Waals surface area contributed by atoms with Crippen LogP contribution in [0.1, 0.15) is 47.0 Å². The van der Waals surface area contributed by atoms with Crippen molar-refractivity contribution < 1.29 is 4.79 Å². The molecule has 0 saturated carbocycles. The lowest BCUT2D eigenvalue weighted by atomic mass is 9.91. The van der Waals surface area contributed by atoms with Crippen LogP contribution in [0, 0.1) is 5.41 Å². The van der Waals surface area contributed by atoms with Gasteiger partial charge in [0.1, 0.15) is 0 Å². The number of halogens is 1. The van der Waals surface area contributed by atoms with Crippen molar-refractivity contribution in [2.24, 2.45) is 5.41 Å². The number of carbonyl (C=O) groups excluding carboxylic acids is 1. The summed E-state index contributed by atoms with van der Waals surface area (Å²) in [6.45, 7) is 8.46. The zero-order valence-electron chi connectivity index (χ0n) is 11.6. The molecule has 0 aromatic heterocycles. The molecule has 1 rings (SSSR count). The van der Waals surface area contributed by atoms with Gasteiger partial charge in [0.25, 0.3) is 0 Å². The molecule has 1 heterocycles. The highest BCUT2D eigenvalue weighted by molar-refractivity contribution is 6.17. The molecule has 1 amide bonds. The Morgan fingerprint density at radius 1 is 1.41 bits per heavy atom. The van der Waals surface area contributed by atoms with Gasteiger partial charge in [-0.25, -0.2) is 0 Å². The Kier molecular flexibility index (Phi) is 4.48. The first-order valence-electron chi connectivity index (χ1n) is 6.33. The Hall–Kier alpha value is -0.280. The van der Waals surface area contributed by atoms with Gasteiger partial charge in [-0.2, -0.15) is 0 Å². The van der Waals surface area contributed by atoms with E-state index in [4.69, 9.17) is 11.6 Å². The number of unbranched alkanes of at least 4 members (excludes halogenated alkanes) is 1. The van der Waals surface area contributed by atoms with Crippen LogP contribution in [0.5, 0.6) is 0 Å². The average molecular weight is 261 g/mol. The second-order valence-corrected chi connectivity index (χ2v) is 6.69. The molecular formula is C13H25ClN2O. The van der Waals surface area contributed by atoms with Gasteiger partial charge in [0.05, 0.1) is 11.7 Å². The van der Waals surface area contributed by atoms with E-state index in [2.05, 4.69) is 26.1 Å². The lowest BCUT2D eigenvalue weighted by molar-refractivity contribution is -0.132. The Balaban J connectivity index is 2.73. The van der Waals surface area contributed by atoms with Gasteiger partial charge in [-0.05, 0) is 31.6 Å². The van der Waals surface area contributed by atoms with Crippen molar-refractivity contribution in [2.75, 3.05) is 12.9 Å². The molecule has 1 N–H and O–H groups in total. The maximum absolute atomic E-state index is 12.3. The third kappa shape index (κ3) is 3.14. The minimum Gasteiger partial charge on any atom is -0.328 e. The van der Waals surface area contributed by atoms with E-state index in [9.17, 15) is 4.79 Å². The molecular weight excluding hydrogens is 236 g/mol. The quantitative estimate of drug-likeness (QED) is 0.623. The Labute approximate surface area is 110 Å². The molecule has 0 aliphatic carbocycles. The van der Waals surface area contributed by atoms with E-state index >= 15 is 0 Å². The fourth-order valence-corrected chi connectivity index (χ4v) is 2.71. The normalized spacial score (nSPS) is 30.1. The number of alkyl halides is 1. The molecule has 4 heteroatoms. The van der Waals surface area contributed by atoms with Gasteiger partial charge < -0.3 is 4.90 Å². The highest BCUT2D eigenvalue weighted by Crippen LogP contribution is 2.32. The number of nitrogens with zero attached hydrogens (tertiary/aromatic N) is 1. The number of rotatable bonds is 4. The summed E-state index contributed by atoms with van der Waals surface area (Å²) in [5.41, 5.74) is -0.368. The molecule has 100 valence electrons. The molecule has 1 fully saturated rings. The topological polar surface area (TPSA) is 32.3 Å². The van der Waals surface area contributed by atoms with Crippen LogP contribution in [-0.2, 0) is 4.79 Å².